The number of sulfone groups is 1. The van der Waals surface area contributed by atoms with Crippen LogP contribution in [0.25, 0.3) is 0 Å². The van der Waals surface area contributed by atoms with Crippen molar-refractivity contribution in [2.75, 3.05) is 6.54 Å². The van der Waals surface area contributed by atoms with E-state index < -0.39 is 9.84 Å². The van der Waals surface area contributed by atoms with Gasteiger partial charge in [-0.15, -0.1) is 0 Å². The summed E-state index contributed by atoms with van der Waals surface area (Å²) in [6.07, 6.45) is 7.91. The highest BCUT2D eigenvalue weighted by Gasteiger charge is 2.39. The van der Waals surface area contributed by atoms with Crippen LogP contribution in [0.4, 0.5) is 0 Å². The molecule has 0 bridgehead atoms. The molecule has 0 amide bonds. The molecule has 0 heterocycles. The second-order valence-electron chi connectivity index (χ2n) is 5.58. The van der Waals surface area contributed by atoms with E-state index in [9.17, 15) is 8.42 Å². The second-order valence-corrected chi connectivity index (χ2v) is 8.09. The Morgan fingerprint density at radius 3 is 2.41 bits per heavy atom. The second kappa shape index (κ2) is 5.70. The summed E-state index contributed by atoms with van der Waals surface area (Å²) in [4.78, 5) is 0. The van der Waals surface area contributed by atoms with Crippen molar-refractivity contribution in [2.45, 2.75) is 74.8 Å². The molecule has 0 aromatic carbocycles. The predicted molar refractivity (Wildman–Crippen MR) is 70.9 cm³/mol. The number of hydrogen-bond donors (Lipinski definition) is 1. The minimum atomic E-state index is -2.84. The van der Waals surface area contributed by atoms with E-state index in [0.29, 0.717) is 6.04 Å². The molecule has 2 saturated carbocycles. The molecule has 0 radical (unpaired) electrons. The lowest BCUT2D eigenvalue weighted by Crippen LogP contribution is -2.32. The molecule has 1 N–H and O–H groups in total. The maximum Gasteiger partial charge on any atom is 0.156 e. The van der Waals surface area contributed by atoms with E-state index in [2.05, 4.69) is 12.2 Å². The molecule has 2 atom stereocenters. The first-order chi connectivity index (χ1) is 8.14. The fourth-order valence-electron chi connectivity index (χ4n) is 3.26. The minimum absolute atomic E-state index is 0.0163. The Morgan fingerprint density at radius 2 is 1.76 bits per heavy atom. The molecule has 2 aliphatic carbocycles. The van der Waals surface area contributed by atoms with Crippen molar-refractivity contribution < 1.29 is 8.42 Å². The fraction of sp³-hybridized carbons (Fsp3) is 1.00. The summed E-state index contributed by atoms with van der Waals surface area (Å²) in [5.41, 5.74) is 0. The number of nitrogens with one attached hydrogen (secondary N) is 1. The van der Waals surface area contributed by atoms with Crippen molar-refractivity contribution in [2.24, 2.45) is 0 Å². The molecule has 2 aliphatic rings. The summed E-state index contributed by atoms with van der Waals surface area (Å²) in [6.45, 7) is 3.16. The fourth-order valence-corrected chi connectivity index (χ4v) is 5.76. The zero-order chi connectivity index (χ0) is 12.3. The summed E-state index contributed by atoms with van der Waals surface area (Å²) in [7, 11) is -2.84. The first-order valence-electron chi connectivity index (χ1n) is 7.10. The summed E-state index contributed by atoms with van der Waals surface area (Å²) >= 11 is 0. The van der Waals surface area contributed by atoms with E-state index in [1.165, 1.54) is 0 Å². The average Bonchev–Trinajstić information content (AvgIpc) is 2.97. The SMILES string of the molecule is CCCNC1CCC(S(=O)(=O)C2CCCC2)C1. The van der Waals surface area contributed by atoms with Gasteiger partial charge < -0.3 is 5.32 Å². The van der Waals surface area contributed by atoms with Crippen molar-refractivity contribution in [3.63, 3.8) is 0 Å². The highest BCUT2D eigenvalue weighted by Crippen LogP contribution is 2.34. The Bertz CT molecular complexity index is 333. The van der Waals surface area contributed by atoms with Gasteiger partial charge in [0.15, 0.2) is 9.84 Å². The van der Waals surface area contributed by atoms with Gasteiger partial charge in [-0.2, -0.15) is 0 Å². The van der Waals surface area contributed by atoms with Gasteiger partial charge in [0, 0.05) is 6.04 Å². The average molecular weight is 259 g/mol. The summed E-state index contributed by atoms with van der Waals surface area (Å²) < 4.78 is 24.9. The van der Waals surface area contributed by atoms with E-state index in [4.69, 9.17) is 0 Å². The largest absolute Gasteiger partial charge is 0.314 e. The topological polar surface area (TPSA) is 46.2 Å². The van der Waals surface area contributed by atoms with Gasteiger partial charge in [0.05, 0.1) is 10.5 Å². The van der Waals surface area contributed by atoms with Gasteiger partial charge in [-0.1, -0.05) is 19.8 Å². The summed E-state index contributed by atoms with van der Waals surface area (Å²) in [6, 6.07) is 0.441. The third kappa shape index (κ3) is 3.02. The minimum Gasteiger partial charge on any atom is -0.314 e. The molecule has 2 rings (SSSR count). The van der Waals surface area contributed by atoms with Crippen LogP contribution in [-0.2, 0) is 9.84 Å². The number of hydrogen-bond acceptors (Lipinski definition) is 3. The zero-order valence-electron chi connectivity index (χ0n) is 10.8. The molecule has 17 heavy (non-hydrogen) atoms. The van der Waals surface area contributed by atoms with Gasteiger partial charge in [-0.25, -0.2) is 8.42 Å². The predicted octanol–water partition coefficient (Wildman–Crippen LogP) is 2.26. The van der Waals surface area contributed by atoms with E-state index in [0.717, 1.165) is 57.9 Å². The van der Waals surface area contributed by atoms with Crippen molar-refractivity contribution >= 4 is 9.84 Å². The van der Waals surface area contributed by atoms with Crippen LogP contribution in [0.1, 0.15) is 58.3 Å². The zero-order valence-corrected chi connectivity index (χ0v) is 11.6. The van der Waals surface area contributed by atoms with Crippen LogP contribution in [0.5, 0.6) is 0 Å². The lowest BCUT2D eigenvalue weighted by molar-refractivity contribution is 0.518. The van der Waals surface area contributed by atoms with Crippen molar-refractivity contribution in [1.82, 2.24) is 5.32 Å². The molecule has 3 nitrogen and oxygen atoms in total. The van der Waals surface area contributed by atoms with Crippen LogP contribution in [0.2, 0.25) is 0 Å². The molecule has 0 aromatic rings. The Hall–Kier alpha value is -0.0900. The monoisotopic (exact) mass is 259 g/mol. The Kier molecular flexibility index (Phi) is 4.47. The van der Waals surface area contributed by atoms with Crippen molar-refractivity contribution in [1.29, 1.82) is 0 Å². The summed E-state index contributed by atoms with van der Waals surface area (Å²) in [5, 5.41) is 3.39. The third-order valence-corrected chi connectivity index (χ3v) is 7.06. The summed E-state index contributed by atoms with van der Waals surface area (Å²) in [5.74, 6) is 0. The van der Waals surface area contributed by atoms with Crippen LogP contribution < -0.4 is 5.32 Å². The van der Waals surface area contributed by atoms with Gasteiger partial charge in [0.1, 0.15) is 0 Å². The Balaban J connectivity index is 1.90. The van der Waals surface area contributed by atoms with Gasteiger partial charge >= 0.3 is 0 Å². The van der Waals surface area contributed by atoms with E-state index >= 15 is 0 Å². The third-order valence-electron chi connectivity index (χ3n) is 4.30. The van der Waals surface area contributed by atoms with Crippen LogP contribution in [0.3, 0.4) is 0 Å². The first-order valence-corrected chi connectivity index (χ1v) is 8.71. The van der Waals surface area contributed by atoms with E-state index in [1.54, 1.807) is 0 Å². The maximum absolute atomic E-state index is 12.4. The molecule has 2 unspecified atom stereocenters. The molecule has 0 saturated heterocycles. The first kappa shape index (κ1) is 13.3. The molecule has 100 valence electrons. The standard InChI is InChI=1S/C13H25NO2S/c1-2-9-14-11-7-8-13(10-11)17(15,16)12-5-3-4-6-12/h11-14H,2-10H2,1H3. The van der Waals surface area contributed by atoms with Gasteiger partial charge in [-0.3, -0.25) is 0 Å². The van der Waals surface area contributed by atoms with Crippen molar-refractivity contribution in [3.8, 4) is 0 Å². The smallest absolute Gasteiger partial charge is 0.156 e. The lowest BCUT2D eigenvalue weighted by atomic mass is 10.2. The Morgan fingerprint density at radius 1 is 1.06 bits per heavy atom. The molecule has 0 spiro atoms. The highest BCUT2D eigenvalue weighted by molar-refractivity contribution is 7.92. The quantitative estimate of drug-likeness (QED) is 0.824. The van der Waals surface area contributed by atoms with E-state index in [-0.39, 0.29) is 10.5 Å². The molecule has 0 aliphatic heterocycles. The molecule has 4 heteroatoms. The maximum atomic E-state index is 12.4. The van der Waals surface area contributed by atoms with Crippen LogP contribution in [0, 0.1) is 0 Å². The lowest BCUT2D eigenvalue weighted by Gasteiger charge is -2.17. The van der Waals surface area contributed by atoms with Gasteiger partial charge in [-0.05, 0) is 45.1 Å². The van der Waals surface area contributed by atoms with Crippen LogP contribution >= 0.6 is 0 Å². The highest BCUT2D eigenvalue weighted by atomic mass is 32.2. The van der Waals surface area contributed by atoms with Crippen LogP contribution in [-0.4, -0.2) is 31.5 Å². The normalized spacial score (nSPS) is 31.1. The number of rotatable bonds is 5. The van der Waals surface area contributed by atoms with Gasteiger partial charge in [0.2, 0.25) is 0 Å². The molecular formula is C13H25NO2S. The van der Waals surface area contributed by atoms with Crippen molar-refractivity contribution in [3.05, 3.63) is 0 Å². The molecular weight excluding hydrogens is 234 g/mol. The Labute approximate surface area is 105 Å². The van der Waals surface area contributed by atoms with Crippen LogP contribution in [0.15, 0.2) is 0 Å². The molecule has 0 aromatic heterocycles. The van der Waals surface area contributed by atoms with E-state index in [1.807, 2.05) is 0 Å². The molecule has 2 fully saturated rings. The van der Waals surface area contributed by atoms with Gasteiger partial charge in [0.25, 0.3) is 0 Å².